The summed E-state index contributed by atoms with van der Waals surface area (Å²) in [5, 5.41) is 0. The molecule has 2 aliphatic heterocycles. The van der Waals surface area contributed by atoms with Crippen molar-refractivity contribution in [2.45, 2.75) is 31.5 Å². The van der Waals surface area contributed by atoms with Crippen LogP contribution in [0.15, 0.2) is 73.1 Å². The van der Waals surface area contributed by atoms with E-state index in [1.165, 1.54) is 19.3 Å². The lowest BCUT2D eigenvalue weighted by molar-refractivity contribution is -0.0647. The van der Waals surface area contributed by atoms with Crippen LogP contribution < -0.4 is 9.47 Å². The molecule has 3 aromatic rings. The molecule has 1 aromatic heterocycles. The molecule has 2 bridgehead atoms. The van der Waals surface area contributed by atoms with Gasteiger partial charge in [0.2, 0.25) is 0 Å². The van der Waals surface area contributed by atoms with Crippen LogP contribution in [0.5, 0.6) is 11.5 Å². The number of ether oxygens (including phenoxy) is 3. The van der Waals surface area contributed by atoms with Gasteiger partial charge in [-0.05, 0) is 72.4 Å². The van der Waals surface area contributed by atoms with Crippen LogP contribution in [-0.4, -0.2) is 31.4 Å². The lowest BCUT2D eigenvalue weighted by Gasteiger charge is -2.23. The van der Waals surface area contributed by atoms with Crippen LogP contribution in [0.25, 0.3) is 11.6 Å². The van der Waals surface area contributed by atoms with Crippen molar-refractivity contribution in [3.05, 3.63) is 89.7 Å². The third kappa shape index (κ3) is 4.71. The zero-order valence-corrected chi connectivity index (χ0v) is 17.5. The van der Waals surface area contributed by atoms with Crippen LogP contribution in [0.2, 0.25) is 0 Å². The molecule has 30 heavy (non-hydrogen) atoms. The van der Waals surface area contributed by atoms with Gasteiger partial charge in [0.15, 0.2) is 0 Å². The molecule has 1 aliphatic carbocycles. The first-order valence-electron chi connectivity index (χ1n) is 10.3. The molecular formula is C26H27NO3. The van der Waals surface area contributed by atoms with Crippen LogP contribution in [0.3, 0.4) is 0 Å². The predicted molar refractivity (Wildman–Crippen MR) is 120 cm³/mol. The van der Waals surface area contributed by atoms with Gasteiger partial charge >= 0.3 is 0 Å². The maximum Gasteiger partial charge on any atom is 0.126 e. The number of hydrogen-bond donors (Lipinski definition) is 0. The van der Waals surface area contributed by atoms with E-state index in [1.807, 2.05) is 42.5 Å². The quantitative estimate of drug-likeness (QED) is 0.556. The average Bonchev–Trinajstić information content (AvgIpc) is 3.46. The molecule has 0 spiro atoms. The second kappa shape index (κ2) is 9.59. The van der Waals surface area contributed by atoms with E-state index < -0.39 is 0 Å². The fourth-order valence-corrected chi connectivity index (χ4v) is 3.88. The zero-order chi connectivity index (χ0) is 20.8. The largest absolute Gasteiger partial charge is 0.497 e. The first-order valence-corrected chi connectivity index (χ1v) is 10.3. The van der Waals surface area contributed by atoms with E-state index in [2.05, 4.69) is 29.3 Å². The monoisotopic (exact) mass is 401 g/mol. The number of fused-ring (bicyclic) bond motifs is 1. The van der Waals surface area contributed by atoms with Gasteiger partial charge in [-0.2, -0.15) is 0 Å². The molecule has 3 fully saturated rings. The Morgan fingerprint density at radius 3 is 2.13 bits per heavy atom. The fourth-order valence-electron chi connectivity index (χ4n) is 3.88. The Balaban J connectivity index is 0.000000305. The highest BCUT2D eigenvalue weighted by Gasteiger charge is 2.36. The van der Waals surface area contributed by atoms with E-state index in [0.717, 1.165) is 33.8 Å². The van der Waals surface area contributed by atoms with Gasteiger partial charge in [-0.1, -0.05) is 30.3 Å². The Labute approximate surface area is 178 Å². The van der Waals surface area contributed by atoms with Gasteiger partial charge in [0.25, 0.3) is 0 Å². The van der Waals surface area contributed by atoms with Gasteiger partial charge in [0, 0.05) is 18.0 Å². The SMILES string of the molecule is C1CC2CC1O2.COc1ccc(C(=Cc2ccncc2)c2ccccc2OC)cc1. The number of para-hydroxylation sites is 1. The molecule has 0 radical (unpaired) electrons. The molecule has 4 heteroatoms. The molecule has 4 nitrogen and oxygen atoms in total. The van der Waals surface area contributed by atoms with E-state index in [1.54, 1.807) is 26.6 Å². The van der Waals surface area contributed by atoms with Gasteiger partial charge in [-0.15, -0.1) is 0 Å². The molecular weight excluding hydrogens is 374 g/mol. The fraction of sp³-hybridized carbons (Fsp3) is 0.269. The van der Waals surface area contributed by atoms with Crippen molar-refractivity contribution in [2.75, 3.05) is 14.2 Å². The van der Waals surface area contributed by atoms with Gasteiger partial charge in [0.05, 0.1) is 26.4 Å². The number of nitrogens with zero attached hydrogens (tertiary/aromatic N) is 1. The minimum absolute atomic E-state index is 0.690. The number of aromatic nitrogens is 1. The summed E-state index contributed by atoms with van der Waals surface area (Å²) < 4.78 is 16.1. The maximum atomic E-state index is 5.55. The number of benzene rings is 2. The Morgan fingerprint density at radius 1 is 0.900 bits per heavy atom. The minimum Gasteiger partial charge on any atom is -0.497 e. The van der Waals surface area contributed by atoms with Crippen LogP contribution >= 0.6 is 0 Å². The molecule has 0 amide bonds. The number of hydrogen-bond acceptors (Lipinski definition) is 4. The topological polar surface area (TPSA) is 40.6 Å². The summed E-state index contributed by atoms with van der Waals surface area (Å²) in [5.41, 5.74) is 4.31. The summed E-state index contributed by atoms with van der Waals surface area (Å²) in [6.45, 7) is 0. The van der Waals surface area contributed by atoms with E-state index >= 15 is 0 Å². The van der Waals surface area contributed by atoms with Gasteiger partial charge < -0.3 is 14.2 Å². The van der Waals surface area contributed by atoms with Crippen LogP contribution in [0, 0.1) is 0 Å². The summed E-state index contributed by atoms with van der Waals surface area (Å²) in [6.07, 6.45) is 11.1. The van der Waals surface area contributed by atoms with Crippen molar-refractivity contribution >= 4 is 11.6 Å². The van der Waals surface area contributed by atoms with E-state index in [0.29, 0.717) is 12.2 Å². The Morgan fingerprint density at radius 2 is 1.57 bits per heavy atom. The van der Waals surface area contributed by atoms with Crippen molar-refractivity contribution in [3.8, 4) is 11.5 Å². The van der Waals surface area contributed by atoms with Crippen LogP contribution in [0.1, 0.15) is 36.0 Å². The Bertz CT molecular complexity index is 963. The van der Waals surface area contributed by atoms with Crippen LogP contribution in [-0.2, 0) is 4.74 Å². The molecule has 154 valence electrons. The lowest BCUT2D eigenvalue weighted by Crippen LogP contribution is -2.25. The van der Waals surface area contributed by atoms with Gasteiger partial charge in [-0.3, -0.25) is 4.98 Å². The average molecular weight is 402 g/mol. The first kappa shape index (κ1) is 20.2. The third-order valence-electron chi connectivity index (χ3n) is 5.54. The Kier molecular flexibility index (Phi) is 6.45. The summed E-state index contributed by atoms with van der Waals surface area (Å²) in [4.78, 5) is 4.08. The van der Waals surface area contributed by atoms with Gasteiger partial charge in [-0.25, -0.2) is 0 Å². The summed E-state index contributed by atoms with van der Waals surface area (Å²) >= 11 is 0. The number of pyridine rings is 1. The number of rotatable bonds is 5. The van der Waals surface area contributed by atoms with E-state index in [-0.39, 0.29) is 0 Å². The predicted octanol–water partition coefficient (Wildman–Crippen LogP) is 5.63. The summed E-state index contributed by atoms with van der Waals surface area (Å²) in [5.74, 6) is 1.68. The van der Waals surface area contributed by atoms with Crippen molar-refractivity contribution < 1.29 is 14.2 Å². The molecule has 3 aliphatic rings. The maximum absolute atomic E-state index is 5.55. The van der Waals surface area contributed by atoms with Crippen molar-refractivity contribution in [2.24, 2.45) is 0 Å². The highest BCUT2D eigenvalue weighted by atomic mass is 16.5. The standard InChI is InChI=1S/C21H19NO2.C5H8O/c1-23-18-9-7-17(8-10-18)20(15-16-11-13-22-14-12-16)19-5-3-4-6-21(19)24-2;1-2-5-3-4(1)6-5/h3-15H,1-2H3;4-5H,1-3H2. The highest BCUT2D eigenvalue weighted by molar-refractivity contribution is 5.93. The smallest absolute Gasteiger partial charge is 0.126 e. The molecule has 0 N–H and O–H groups in total. The van der Waals surface area contributed by atoms with Crippen LogP contribution in [0.4, 0.5) is 0 Å². The molecule has 2 saturated heterocycles. The van der Waals surface area contributed by atoms with E-state index in [4.69, 9.17) is 14.2 Å². The normalized spacial score (nSPS) is 19.3. The lowest BCUT2D eigenvalue weighted by atomic mass is 9.95. The third-order valence-corrected chi connectivity index (χ3v) is 5.54. The summed E-state index contributed by atoms with van der Waals surface area (Å²) in [7, 11) is 3.36. The molecule has 6 rings (SSSR count). The highest BCUT2D eigenvalue weighted by Crippen LogP contribution is 2.36. The van der Waals surface area contributed by atoms with Crippen molar-refractivity contribution in [3.63, 3.8) is 0 Å². The Hall–Kier alpha value is -3.11. The molecule has 2 atom stereocenters. The van der Waals surface area contributed by atoms with E-state index in [9.17, 15) is 0 Å². The van der Waals surface area contributed by atoms with Crippen molar-refractivity contribution in [1.29, 1.82) is 0 Å². The van der Waals surface area contributed by atoms with Crippen molar-refractivity contribution in [1.82, 2.24) is 4.98 Å². The molecule has 2 unspecified atom stereocenters. The zero-order valence-electron chi connectivity index (χ0n) is 17.5. The second-order valence-electron chi connectivity index (χ2n) is 7.46. The minimum atomic E-state index is 0.690. The second-order valence-corrected chi connectivity index (χ2v) is 7.46. The molecule has 1 saturated carbocycles. The first-order chi connectivity index (χ1) is 14.8. The number of methoxy groups -OCH3 is 2. The molecule has 2 aromatic carbocycles. The van der Waals surface area contributed by atoms with Gasteiger partial charge in [0.1, 0.15) is 11.5 Å². The summed E-state index contributed by atoms with van der Waals surface area (Å²) in [6, 6.07) is 20.0. The molecule has 3 heterocycles.